The van der Waals surface area contributed by atoms with E-state index in [2.05, 4.69) is 0 Å². The number of hydrogen-bond donors (Lipinski definition) is 0. The van der Waals surface area contributed by atoms with E-state index in [0.29, 0.717) is 44.8 Å². The van der Waals surface area contributed by atoms with Crippen LogP contribution in [-0.2, 0) is 19.3 Å². The van der Waals surface area contributed by atoms with Crippen LogP contribution in [0.4, 0.5) is 11.4 Å². The molecule has 0 amide bonds. The number of nitrogens with zero attached hydrogens (tertiary/aromatic N) is 2. The Morgan fingerprint density at radius 1 is 1.22 bits per heavy atom. The predicted molar refractivity (Wildman–Crippen MR) is 82.3 cm³/mol. The molecule has 0 aliphatic carbocycles. The highest BCUT2D eigenvalue weighted by molar-refractivity contribution is 7.90. The maximum absolute atomic E-state index is 11.6. The molecule has 0 N–H and O–H groups in total. The molecule has 3 rings (SSSR count). The number of anilines is 1. The van der Waals surface area contributed by atoms with E-state index < -0.39 is 20.5 Å². The lowest BCUT2D eigenvalue weighted by molar-refractivity contribution is -0.384. The third kappa shape index (κ3) is 3.17. The molecule has 2 heterocycles. The maximum Gasteiger partial charge on any atom is 0.293 e. The second-order valence-electron chi connectivity index (χ2n) is 5.77. The van der Waals surface area contributed by atoms with Crippen molar-refractivity contribution in [3.05, 3.63) is 28.3 Å². The summed E-state index contributed by atoms with van der Waals surface area (Å²) < 4.78 is 34.5. The fourth-order valence-electron chi connectivity index (χ4n) is 3.02. The van der Waals surface area contributed by atoms with Crippen molar-refractivity contribution < 1.29 is 22.8 Å². The summed E-state index contributed by atoms with van der Waals surface area (Å²) in [5.41, 5.74) is 0.229. The minimum absolute atomic E-state index is 0.0520. The summed E-state index contributed by atoms with van der Waals surface area (Å²) in [5.74, 6) is -0.558. The van der Waals surface area contributed by atoms with Crippen LogP contribution in [0.2, 0.25) is 0 Å². The summed E-state index contributed by atoms with van der Waals surface area (Å²) in [4.78, 5) is 12.6. The molecule has 2 fully saturated rings. The van der Waals surface area contributed by atoms with Crippen LogP contribution in [0.15, 0.2) is 23.1 Å². The third-order valence-corrected chi connectivity index (χ3v) is 5.36. The molecule has 0 aromatic heterocycles. The van der Waals surface area contributed by atoms with Gasteiger partial charge < -0.3 is 14.4 Å². The summed E-state index contributed by atoms with van der Waals surface area (Å²) in [6, 6.07) is 4.03. The number of piperidine rings is 1. The SMILES string of the molecule is CS(=O)(=O)c1ccc(N2CCC3(CC2)OCCO3)c([N+](=O)[O-])c1. The Morgan fingerprint density at radius 3 is 2.35 bits per heavy atom. The quantitative estimate of drug-likeness (QED) is 0.604. The molecule has 1 aromatic carbocycles. The molecule has 1 spiro atoms. The molecular weight excluding hydrogens is 324 g/mol. The molecule has 1 aromatic rings. The summed E-state index contributed by atoms with van der Waals surface area (Å²) in [6.07, 6.45) is 2.28. The number of ether oxygens (including phenoxy) is 2. The lowest BCUT2D eigenvalue weighted by atomic mass is 10.0. The average molecular weight is 342 g/mol. The van der Waals surface area contributed by atoms with E-state index in [0.717, 1.165) is 12.3 Å². The molecular formula is C14H18N2O6S. The van der Waals surface area contributed by atoms with E-state index in [1.54, 1.807) is 0 Å². The van der Waals surface area contributed by atoms with Crippen molar-refractivity contribution in [2.45, 2.75) is 23.5 Å². The van der Waals surface area contributed by atoms with E-state index in [1.165, 1.54) is 12.1 Å². The zero-order valence-corrected chi connectivity index (χ0v) is 13.5. The maximum atomic E-state index is 11.6. The first-order valence-corrected chi connectivity index (χ1v) is 9.21. The van der Waals surface area contributed by atoms with Gasteiger partial charge in [-0.05, 0) is 12.1 Å². The zero-order valence-electron chi connectivity index (χ0n) is 12.7. The fraction of sp³-hybridized carbons (Fsp3) is 0.571. The van der Waals surface area contributed by atoms with Gasteiger partial charge in [0.1, 0.15) is 5.69 Å². The van der Waals surface area contributed by atoms with Gasteiger partial charge in [-0.1, -0.05) is 0 Å². The summed E-state index contributed by atoms with van der Waals surface area (Å²) in [6.45, 7) is 2.25. The van der Waals surface area contributed by atoms with Gasteiger partial charge >= 0.3 is 0 Å². The minimum Gasteiger partial charge on any atom is -0.366 e. The first-order valence-electron chi connectivity index (χ1n) is 7.32. The van der Waals surface area contributed by atoms with Gasteiger partial charge in [0, 0.05) is 38.3 Å². The van der Waals surface area contributed by atoms with Gasteiger partial charge in [0.2, 0.25) is 0 Å². The Labute approximate surface area is 134 Å². The first kappa shape index (κ1) is 16.2. The molecule has 0 atom stereocenters. The molecule has 0 bridgehead atoms. The van der Waals surface area contributed by atoms with Crippen LogP contribution >= 0.6 is 0 Å². The monoisotopic (exact) mass is 342 g/mol. The zero-order chi connectivity index (χ0) is 16.7. The lowest BCUT2D eigenvalue weighted by Crippen LogP contribution is -2.45. The van der Waals surface area contributed by atoms with Crippen LogP contribution in [0.5, 0.6) is 0 Å². The molecule has 23 heavy (non-hydrogen) atoms. The van der Waals surface area contributed by atoms with Crippen molar-refractivity contribution in [2.24, 2.45) is 0 Å². The van der Waals surface area contributed by atoms with E-state index in [9.17, 15) is 18.5 Å². The second-order valence-corrected chi connectivity index (χ2v) is 7.79. The molecule has 0 radical (unpaired) electrons. The van der Waals surface area contributed by atoms with E-state index >= 15 is 0 Å². The smallest absolute Gasteiger partial charge is 0.293 e. The normalized spacial score (nSPS) is 20.8. The van der Waals surface area contributed by atoms with Crippen molar-refractivity contribution >= 4 is 21.2 Å². The number of nitro benzene ring substituents is 1. The highest BCUT2D eigenvalue weighted by Crippen LogP contribution is 2.37. The molecule has 9 heteroatoms. The van der Waals surface area contributed by atoms with Gasteiger partial charge in [-0.3, -0.25) is 10.1 Å². The average Bonchev–Trinajstić information content (AvgIpc) is 2.95. The molecule has 0 saturated carbocycles. The minimum atomic E-state index is -3.49. The van der Waals surface area contributed by atoms with E-state index in [4.69, 9.17) is 9.47 Å². The van der Waals surface area contributed by atoms with Crippen molar-refractivity contribution in [2.75, 3.05) is 37.5 Å². The Hall–Kier alpha value is -1.71. The van der Waals surface area contributed by atoms with Gasteiger partial charge in [0.25, 0.3) is 5.69 Å². The first-order chi connectivity index (χ1) is 10.8. The Kier molecular flexibility index (Phi) is 4.03. The van der Waals surface area contributed by atoms with Crippen LogP contribution < -0.4 is 4.90 Å². The van der Waals surface area contributed by atoms with Crippen LogP contribution in [0.25, 0.3) is 0 Å². The van der Waals surface area contributed by atoms with Crippen molar-refractivity contribution in [3.63, 3.8) is 0 Å². The van der Waals surface area contributed by atoms with Gasteiger partial charge in [0.15, 0.2) is 15.6 Å². The van der Waals surface area contributed by atoms with Gasteiger partial charge in [-0.15, -0.1) is 0 Å². The standard InChI is InChI=1S/C14H18N2O6S/c1-23(19,20)11-2-3-12(13(10-11)16(17)18)15-6-4-14(5-7-15)21-8-9-22-14/h2-3,10H,4-9H2,1H3. The topological polar surface area (TPSA) is 99.0 Å². The summed E-state index contributed by atoms with van der Waals surface area (Å²) >= 11 is 0. The van der Waals surface area contributed by atoms with Gasteiger partial charge in [0.05, 0.1) is 23.0 Å². The number of hydrogen-bond acceptors (Lipinski definition) is 7. The molecule has 8 nitrogen and oxygen atoms in total. The highest BCUT2D eigenvalue weighted by atomic mass is 32.2. The van der Waals surface area contributed by atoms with Crippen LogP contribution in [0.3, 0.4) is 0 Å². The number of benzene rings is 1. The van der Waals surface area contributed by atoms with Crippen LogP contribution in [0, 0.1) is 10.1 Å². The second kappa shape index (κ2) is 5.73. The van der Waals surface area contributed by atoms with Gasteiger partial charge in [-0.2, -0.15) is 0 Å². The summed E-state index contributed by atoms with van der Waals surface area (Å²) in [5, 5.41) is 11.3. The summed E-state index contributed by atoms with van der Waals surface area (Å²) in [7, 11) is -3.49. The fourth-order valence-corrected chi connectivity index (χ4v) is 3.66. The molecule has 2 aliphatic rings. The van der Waals surface area contributed by atoms with Crippen LogP contribution in [0.1, 0.15) is 12.8 Å². The van der Waals surface area contributed by atoms with Crippen molar-refractivity contribution in [1.29, 1.82) is 0 Å². The molecule has 126 valence electrons. The number of sulfone groups is 1. The molecule has 2 saturated heterocycles. The third-order valence-electron chi connectivity index (χ3n) is 4.25. The van der Waals surface area contributed by atoms with E-state index in [-0.39, 0.29) is 10.6 Å². The Balaban J connectivity index is 1.87. The Bertz CT molecular complexity index is 717. The predicted octanol–water partition coefficient (Wildman–Crippen LogP) is 1.34. The van der Waals surface area contributed by atoms with Crippen molar-refractivity contribution in [1.82, 2.24) is 0 Å². The highest BCUT2D eigenvalue weighted by Gasteiger charge is 2.40. The molecule has 0 unspecified atom stereocenters. The Morgan fingerprint density at radius 2 is 1.83 bits per heavy atom. The largest absolute Gasteiger partial charge is 0.366 e. The lowest BCUT2D eigenvalue weighted by Gasteiger charge is -2.38. The van der Waals surface area contributed by atoms with Gasteiger partial charge in [-0.25, -0.2) is 8.42 Å². The number of nitro groups is 1. The van der Waals surface area contributed by atoms with Crippen molar-refractivity contribution in [3.8, 4) is 0 Å². The number of rotatable bonds is 3. The van der Waals surface area contributed by atoms with Crippen LogP contribution in [-0.4, -0.2) is 51.7 Å². The van der Waals surface area contributed by atoms with E-state index in [1.807, 2.05) is 4.90 Å². The molecule has 2 aliphatic heterocycles.